The van der Waals surface area contributed by atoms with Crippen molar-refractivity contribution in [2.24, 2.45) is 11.8 Å². The van der Waals surface area contributed by atoms with E-state index in [1.807, 2.05) is 12.1 Å². The molecule has 1 aliphatic rings. The fourth-order valence-electron chi connectivity index (χ4n) is 2.69. The molecule has 1 fully saturated rings. The third-order valence-electron chi connectivity index (χ3n) is 3.94. The molecule has 0 spiro atoms. The van der Waals surface area contributed by atoms with Crippen molar-refractivity contribution in [2.75, 3.05) is 0 Å². The Bertz CT molecular complexity index is 356. The fourth-order valence-corrected chi connectivity index (χ4v) is 3.57. The molecule has 17 heavy (non-hydrogen) atoms. The molecule has 0 N–H and O–H groups in total. The molecule has 0 amide bonds. The maximum Gasteiger partial charge on any atom is 0.126 e. The van der Waals surface area contributed by atoms with E-state index in [9.17, 15) is 4.39 Å². The normalized spacial score (nSPS) is 26.8. The summed E-state index contributed by atoms with van der Waals surface area (Å²) in [6, 6.07) is 7.12. The van der Waals surface area contributed by atoms with E-state index in [2.05, 4.69) is 22.9 Å². The van der Waals surface area contributed by atoms with Gasteiger partial charge in [-0.3, -0.25) is 0 Å². The molecular formula is C15H20BrF. The topological polar surface area (TPSA) is 0 Å². The largest absolute Gasteiger partial charge is 0.207 e. The van der Waals surface area contributed by atoms with Gasteiger partial charge < -0.3 is 0 Å². The van der Waals surface area contributed by atoms with Crippen LogP contribution in [0.3, 0.4) is 0 Å². The van der Waals surface area contributed by atoms with Crippen molar-refractivity contribution in [3.63, 3.8) is 0 Å². The van der Waals surface area contributed by atoms with Gasteiger partial charge in [0.1, 0.15) is 5.82 Å². The Labute approximate surface area is 112 Å². The summed E-state index contributed by atoms with van der Waals surface area (Å²) in [5.74, 6) is 1.52. The molecule has 1 atom stereocenters. The molecule has 0 aliphatic heterocycles. The number of halogens is 2. The minimum atomic E-state index is -0.0684. The molecule has 1 unspecified atom stereocenters. The maximum atomic E-state index is 13.6. The number of hydrogen-bond donors (Lipinski definition) is 0. The van der Waals surface area contributed by atoms with Gasteiger partial charge in [0, 0.05) is 4.83 Å². The predicted molar refractivity (Wildman–Crippen MR) is 73.9 cm³/mol. The van der Waals surface area contributed by atoms with Crippen LogP contribution in [0.2, 0.25) is 0 Å². The van der Waals surface area contributed by atoms with Gasteiger partial charge in [0.15, 0.2) is 0 Å². The van der Waals surface area contributed by atoms with Crippen LogP contribution in [0, 0.1) is 17.7 Å². The molecule has 0 bridgehead atoms. The maximum absolute atomic E-state index is 13.6. The Balaban J connectivity index is 1.93. The van der Waals surface area contributed by atoms with Crippen LogP contribution in [-0.4, -0.2) is 4.83 Å². The van der Waals surface area contributed by atoms with Crippen LogP contribution >= 0.6 is 15.9 Å². The molecule has 0 heterocycles. The van der Waals surface area contributed by atoms with E-state index in [-0.39, 0.29) is 5.82 Å². The Morgan fingerprint density at radius 2 is 1.88 bits per heavy atom. The zero-order valence-electron chi connectivity index (χ0n) is 10.3. The average Bonchev–Trinajstić information content (AvgIpc) is 2.33. The molecule has 2 rings (SSSR count). The number of alkyl halides is 1. The molecule has 0 saturated heterocycles. The van der Waals surface area contributed by atoms with Crippen molar-refractivity contribution in [2.45, 2.75) is 43.9 Å². The van der Waals surface area contributed by atoms with Crippen molar-refractivity contribution in [3.05, 3.63) is 35.6 Å². The molecule has 1 aromatic rings. The third-order valence-corrected chi connectivity index (χ3v) is 5.02. The number of benzene rings is 1. The molecule has 2 heteroatoms. The lowest BCUT2D eigenvalue weighted by Crippen LogP contribution is -2.22. The molecule has 0 nitrogen and oxygen atoms in total. The van der Waals surface area contributed by atoms with Crippen LogP contribution in [0.25, 0.3) is 0 Å². The highest BCUT2D eigenvalue weighted by molar-refractivity contribution is 9.09. The first-order chi connectivity index (χ1) is 8.16. The van der Waals surface area contributed by atoms with Gasteiger partial charge in [0.25, 0.3) is 0 Å². The van der Waals surface area contributed by atoms with E-state index in [1.54, 1.807) is 12.1 Å². The van der Waals surface area contributed by atoms with E-state index in [0.717, 1.165) is 17.9 Å². The van der Waals surface area contributed by atoms with Crippen LogP contribution in [0.4, 0.5) is 4.39 Å². The SMILES string of the molecule is CC1CCC(C(Br)Cc2ccccc2F)CC1. The van der Waals surface area contributed by atoms with E-state index in [4.69, 9.17) is 0 Å². The van der Waals surface area contributed by atoms with Crippen LogP contribution < -0.4 is 0 Å². The van der Waals surface area contributed by atoms with Gasteiger partial charge in [-0.1, -0.05) is 53.9 Å². The number of hydrogen-bond acceptors (Lipinski definition) is 0. The second-order valence-corrected chi connectivity index (χ2v) is 6.51. The highest BCUT2D eigenvalue weighted by atomic mass is 79.9. The molecule has 0 radical (unpaired) electrons. The molecule has 1 aromatic carbocycles. The Morgan fingerprint density at radius 3 is 2.53 bits per heavy atom. The summed E-state index contributed by atoms with van der Waals surface area (Å²) in [5, 5.41) is 0. The van der Waals surface area contributed by atoms with Gasteiger partial charge in [-0.25, -0.2) is 4.39 Å². The van der Waals surface area contributed by atoms with Gasteiger partial charge in [-0.05, 0) is 42.7 Å². The standard InChI is InChI=1S/C15H20BrF/c1-11-6-8-12(9-7-11)14(16)10-13-4-2-3-5-15(13)17/h2-5,11-12,14H,6-10H2,1H3. The summed E-state index contributed by atoms with van der Waals surface area (Å²) in [6.45, 7) is 2.33. The second-order valence-electron chi connectivity index (χ2n) is 5.33. The first-order valence-corrected chi connectivity index (χ1v) is 7.46. The van der Waals surface area contributed by atoms with E-state index in [1.165, 1.54) is 25.7 Å². The molecule has 1 aliphatic carbocycles. The molecule has 94 valence electrons. The van der Waals surface area contributed by atoms with Crippen molar-refractivity contribution < 1.29 is 4.39 Å². The zero-order valence-corrected chi connectivity index (χ0v) is 11.9. The lowest BCUT2D eigenvalue weighted by atomic mass is 9.80. The van der Waals surface area contributed by atoms with Gasteiger partial charge in [-0.2, -0.15) is 0 Å². The Kier molecular flexibility index (Phi) is 4.61. The lowest BCUT2D eigenvalue weighted by Gasteiger charge is -2.29. The van der Waals surface area contributed by atoms with Crippen molar-refractivity contribution in [1.29, 1.82) is 0 Å². The minimum Gasteiger partial charge on any atom is -0.207 e. The van der Waals surface area contributed by atoms with Crippen molar-refractivity contribution in [1.82, 2.24) is 0 Å². The zero-order chi connectivity index (χ0) is 12.3. The third kappa shape index (κ3) is 3.54. The van der Waals surface area contributed by atoms with Crippen LogP contribution in [-0.2, 0) is 6.42 Å². The van der Waals surface area contributed by atoms with Gasteiger partial charge in [-0.15, -0.1) is 0 Å². The summed E-state index contributed by atoms with van der Waals surface area (Å²) in [7, 11) is 0. The Morgan fingerprint density at radius 1 is 1.24 bits per heavy atom. The van der Waals surface area contributed by atoms with Crippen molar-refractivity contribution >= 4 is 15.9 Å². The first kappa shape index (κ1) is 13.1. The van der Waals surface area contributed by atoms with Gasteiger partial charge in [0.2, 0.25) is 0 Å². The quantitative estimate of drug-likeness (QED) is 0.692. The lowest BCUT2D eigenvalue weighted by molar-refractivity contribution is 0.285. The smallest absolute Gasteiger partial charge is 0.126 e. The van der Waals surface area contributed by atoms with E-state index >= 15 is 0 Å². The number of rotatable bonds is 3. The van der Waals surface area contributed by atoms with Crippen LogP contribution in [0.5, 0.6) is 0 Å². The summed E-state index contributed by atoms with van der Waals surface area (Å²) in [6.07, 6.45) is 6.02. The van der Waals surface area contributed by atoms with Crippen LogP contribution in [0.1, 0.15) is 38.2 Å². The van der Waals surface area contributed by atoms with Crippen molar-refractivity contribution in [3.8, 4) is 0 Å². The predicted octanol–water partition coefficient (Wildman–Crippen LogP) is 4.96. The summed E-state index contributed by atoms with van der Waals surface area (Å²) >= 11 is 3.76. The first-order valence-electron chi connectivity index (χ1n) is 6.54. The van der Waals surface area contributed by atoms with Gasteiger partial charge in [0.05, 0.1) is 0 Å². The van der Waals surface area contributed by atoms with Gasteiger partial charge >= 0.3 is 0 Å². The molecular weight excluding hydrogens is 279 g/mol. The van der Waals surface area contributed by atoms with Crippen LogP contribution in [0.15, 0.2) is 24.3 Å². The minimum absolute atomic E-state index is 0.0684. The Hall–Kier alpha value is -0.370. The highest BCUT2D eigenvalue weighted by Crippen LogP contribution is 2.34. The summed E-state index contributed by atoms with van der Waals surface area (Å²) in [5.41, 5.74) is 0.841. The monoisotopic (exact) mass is 298 g/mol. The molecule has 1 saturated carbocycles. The fraction of sp³-hybridized carbons (Fsp3) is 0.600. The highest BCUT2D eigenvalue weighted by Gasteiger charge is 2.24. The second kappa shape index (κ2) is 5.99. The summed E-state index contributed by atoms with van der Waals surface area (Å²) < 4.78 is 13.6. The van der Waals surface area contributed by atoms with E-state index < -0.39 is 0 Å². The average molecular weight is 299 g/mol. The molecule has 0 aromatic heterocycles. The summed E-state index contributed by atoms with van der Waals surface area (Å²) in [4.78, 5) is 0.423. The van der Waals surface area contributed by atoms with E-state index in [0.29, 0.717) is 10.7 Å².